The molecule has 2 fully saturated rings. The molecule has 1 aliphatic carbocycles. The van der Waals surface area contributed by atoms with Crippen molar-refractivity contribution in [1.29, 1.82) is 0 Å². The van der Waals surface area contributed by atoms with Crippen LogP contribution in [0.25, 0.3) is 20.5 Å². The number of piperazine rings is 1. The van der Waals surface area contributed by atoms with Crippen molar-refractivity contribution in [2.75, 3.05) is 45.9 Å². The maximum absolute atomic E-state index is 13.2. The number of aryl methyl sites for hydroxylation is 1. The lowest BCUT2D eigenvalue weighted by molar-refractivity contribution is -0.133. The van der Waals surface area contributed by atoms with Gasteiger partial charge in [0.05, 0.1) is 17.3 Å². The summed E-state index contributed by atoms with van der Waals surface area (Å²) in [5.41, 5.74) is 4.01. The molecule has 0 spiro atoms. The lowest BCUT2D eigenvalue weighted by Gasteiger charge is -2.34. The summed E-state index contributed by atoms with van der Waals surface area (Å²) in [7, 11) is 0. The lowest BCUT2D eigenvalue weighted by atomic mass is 9.92. The highest BCUT2D eigenvalue weighted by Crippen LogP contribution is 2.47. The minimum absolute atomic E-state index is 0.0234. The van der Waals surface area contributed by atoms with Crippen LogP contribution in [0.1, 0.15) is 47.2 Å². The van der Waals surface area contributed by atoms with E-state index in [-0.39, 0.29) is 29.6 Å². The van der Waals surface area contributed by atoms with Crippen LogP contribution in [0.15, 0.2) is 91.0 Å². The van der Waals surface area contributed by atoms with Crippen molar-refractivity contribution < 1.29 is 29.0 Å². The van der Waals surface area contributed by atoms with Crippen LogP contribution in [0, 0.1) is 0 Å². The number of ketones is 2. The van der Waals surface area contributed by atoms with E-state index in [1.54, 1.807) is 28.4 Å². The average Bonchev–Trinajstić information content (AvgIpc) is 3.70. The normalized spacial score (nSPS) is 18.2. The number of nitrogens with zero attached hydrogens (tertiary/aromatic N) is 3. The monoisotopic (exact) mass is 729 g/mol. The Kier molecular flexibility index (Phi) is 10.3. The first-order chi connectivity index (χ1) is 25.9. The molecule has 1 amide bonds. The Morgan fingerprint density at radius 2 is 1.57 bits per heavy atom. The minimum atomic E-state index is -0.479. The van der Waals surface area contributed by atoms with Crippen LogP contribution >= 0.6 is 11.3 Å². The first-order valence-electron chi connectivity index (χ1n) is 18.5. The highest BCUT2D eigenvalue weighted by Gasteiger charge is 2.39. The average molecular weight is 730 g/mol. The molecule has 10 heteroatoms. The Morgan fingerprint density at radius 3 is 2.34 bits per heavy atom. The number of carbonyl (C=O) groups excluding carboxylic acids is 3. The summed E-state index contributed by atoms with van der Waals surface area (Å²) in [6, 6.07) is 28.8. The molecule has 2 aliphatic heterocycles. The minimum Gasteiger partial charge on any atom is -0.508 e. The van der Waals surface area contributed by atoms with Gasteiger partial charge in [0.15, 0.2) is 11.5 Å². The van der Waals surface area contributed by atoms with E-state index in [9.17, 15) is 19.5 Å². The number of phenolic OH excluding ortho intramolecular Hbond substituents is 1. The zero-order chi connectivity index (χ0) is 36.3. The van der Waals surface area contributed by atoms with Gasteiger partial charge in [0.2, 0.25) is 0 Å². The van der Waals surface area contributed by atoms with Gasteiger partial charge in [-0.25, -0.2) is 0 Å². The summed E-state index contributed by atoms with van der Waals surface area (Å²) in [4.78, 5) is 45.2. The van der Waals surface area contributed by atoms with Gasteiger partial charge in [0, 0.05) is 61.3 Å². The number of Topliss-reactive ketones (excluding diaryl/α,β-unsaturated/α-hetero) is 2. The molecular formula is C43H43N3O6S. The Hall–Kier alpha value is -5.03. The maximum Gasteiger partial charge on any atom is 0.255 e. The van der Waals surface area contributed by atoms with E-state index in [2.05, 4.69) is 28.0 Å². The molecule has 3 aliphatic rings. The fraction of sp³-hybridized carbons (Fsp3) is 0.326. The number of benzene rings is 4. The van der Waals surface area contributed by atoms with E-state index in [4.69, 9.17) is 9.47 Å². The second kappa shape index (κ2) is 15.5. The molecule has 1 unspecified atom stereocenters. The number of rotatable bonds is 12. The Balaban J connectivity index is 0.780. The number of fused-ring (bicyclic) bond motifs is 2. The summed E-state index contributed by atoms with van der Waals surface area (Å²) in [6.07, 6.45) is 2.65. The van der Waals surface area contributed by atoms with Crippen LogP contribution in [-0.4, -0.2) is 89.2 Å². The molecule has 53 heavy (non-hydrogen) atoms. The Morgan fingerprint density at radius 1 is 0.811 bits per heavy atom. The van der Waals surface area contributed by atoms with Gasteiger partial charge < -0.3 is 24.4 Å². The first-order valence-corrected chi connectivity index (χ1v) is 19.3. The molecule has 1 N–H and O–H groups in total. The molecule has 1 saturated heterocycles. The molecule has 8 rings (SSSR count). The molecule has 3 heterocycles. The molecule has 272 valence electrons. The Bertz CT molecular complexity index is 2120. The molecule has 4 aromatic carbocycles. The third kappa shape index (κ3) is 7.71. The fourth-order valence-electron chi connectivity index (χ4n) is 7.78. The predicted octanol–water partition coefficient (Wildman–Crippen LogP) is 7.34. The van der Waals surface area contributed by atoms with E-state index in [0.717, 1.165) is 95.4 Å². The van der Waals surface area contributed by atoms with E-state index in [1.165, 1.54) is 5.56 Å². The molecule has 1 saturated carbocycles. The maximum atomic E-state index is 13.2. The van der Waals surface area contributed by atoms with Crippen LogP contribution in [0.4, 0.5) is 0 Å². The van der Waals surface area contributed by atoms with E-state index in [0.29, 0.717) is 31.6 Å². The molecule has 0 bridgehead atoms. The first kappa shape index (κ1) is 35.0. The standard InChI is InChI=1S/C43H43N3O6S/c47-31-12-18-38(39(49)26-31)46-28-37-29(8-4-10-35(37)43(46)50)9-5-19-44-20-22-45(23-21-44)24-25-51-33-13-15-34(16-14-33)52-41-36-17-11-32(48)27-40(36)53-42(41)30-6-2-1-3-7-30/h1-4,6-8,10-11,13-17,27,38,48H,5,9,12,18-26,28H2. The second-order valence-electron chi connectivity index (χ2n) is 14.1. The van der Waals surface area contributed by atoms with E-state index in [1.807, 2.05) is 60.7 Å². The van der Waals surface area contributed by atoms with Crippen LogP contribution in [-0.2, 0) is 22.6 Å². The highest BCUT2D eigenvalue weighted by atomic mass is 32.1. The third-order valence-corrected chi connectivity index (χ3v) is 11.9. The van der Waals surface area contributed by atoms with Gasteiger partial charge >= 0.3 is 0 Å². The number of aromatic hydroxyl groups is 1. The van der Waals surface area contributed by atoms with Crippen LogP contribution in [0.3, 0.4) is 0 Å². The quantitative estimate of drug-likeness (QED) is 0.133. The number of carbonyl (C=O) groups is 3. The zero-order valence-electron chi connectivity index (χ0n) is 29.7. The largest absolute Gasteiger partial charge is 0.508 e. The number of hydrogen-bond donors (Lipinski definition) is 1. The number of phenols is 1. The molecule has 1 atom stereocenters. The SMILES string of the molecule is O=C1CCC(N2Cc3c(CCCN4CCN(CCOc5ccc(Oc6c(-c7ccccc7)sc7cc(O)ccc67)cc5)CC4)cccc3C2=O)C(=O)C1. The third-order valence-electron chi connectivity index (χ3n) is 10.7. The number of hydrogen-bond acceptors (Lipinski definition) is 9. The molecule has 1 aromatic heterocycles. The molecule has 0 radical (unpaired) electrons. The van der Waals surface area contributed by atoms with Crippen molar-refractivity contribution in [3.8, 4) is 33.4 Å². The molecule has 5 aromatic rings. The fourth-order valence-corrected chi connectivity index (χ4v) is 8.95. The summed E-state index contributed by atoms with van der Waals surface area (Å²) >= 11 is 1.60. The van der Waals surface area contributed by atoms with Gasteiger partial charge in [0.1, 0.15) is 29.6 Å². The summed E-state index contributed by atoms with van der Waals surface area (Å²) in [5, 5.41) is 11.0. The summed E-state index contributed by atoms with van der Waals surface area (Å²) in [5.74, 6) is 2.32. The van der Waals surface area contributed by atoms with Gasteiger partial charge in [0.25, 0.3) is 5.91 Å². The zero-order valence-corrected chi connectivity index (χ0v) is 30.5. The summed E-state index contributed by atoms with van der Waals surface area (Å²) < 4.78 is 13.5. The van der Waals surface area contributed by atoms with E-state index < -0.39 is 6.04 Å². The van der Waals surface area contributed by atoms with Crippen molar-refractivity contribution in [2.45, 2.75) is 44.7 Å². The van der Waals surface area contributed by atoms with Crippen molar-refractivity contribution >= 4 is 38.9 Å². The molecule has 9 nitrogen and oxygen atoms in total. The molecular weight excluding hydrogens is 687 g/mol. The predicted molar refractivity (Wildman–Crippen MR) is 206 cm³/mol. The number of ether oxygens (including phenoxy) is 2. The van der Waals surface area contributed by atoms with Crippen LogP contribution in [0.5, 0.6) is 23.0 Å². The van der Waals surface area contributed by atoms with Gasteiger partial charge in [-0.15, -0.1) is 11.3 Å². The Labute approximate surface area is 313 Å². The van der Waals surface area contributed by atoms with Crippen LogP contribution in [0.2, 0.25) is 0 Å². The van der Waals surface area contributed by atoms with Crippen molar-refractivity contribution in [3.63, 3.8) is 0 Å². The smallest absolute Gasteiger partial charge is 0.255 e. The van der Waals surface area contributed by atoms with Gasteiger partial charge in [-0.2, -0.15) is 0 Å². The second-order valence-corrected chi connectivity index (χ2v) is 15.2. The van der Waals surface area contributed by atoms with Crippen molar-refractivity contribution in [1.82, 2.24) is 14.7 Å². The van der Waals surface area contributed by atoms with Crippen LogP contribution < -0.4 is 9.47 Å². The van der Waals surface area contributed by atoms with E-state index >= 15 is 0 Å². The van der Waals surface area contributed by atoms with Gasteiger partial charge in [-0.3, -0.25) is 19.3 Å². The summed E-state index contributed by atoms with van der Waals surface area (Å²) in [6.45, 7) is 6.93. The van der Waals surface area contributed by atoms with Gasteiger partial charge in [-0.1, -0.05) is 42.5 Å². The van der Waals surface area contributed by atoms with Crippen molar-refractivity contribution in [3.05, 3.63) is 108 Å². The highest BCUT2D eigenvalue weighted by molar-refractivity contribution is 7.22. The number of amides is 1. The lowest BCUT2D eigenvalue weighted by Crippen LogP contribution is -2.47. The van der Waals surface area contributed by atoms with Crippen molar-refractivity contribution in [2.24, 2.45) is 0 Å². The number of thiophene rings is 1. The topological polar surface area (TPSA) is 99.6 Å². The van der Waals surface area contributed by atoms with Gasteiger partial charge in [-0.05, 0) is 91.0 Å².